The molecule has 1 aromatic heterocycles. The van der Waals surface area contributed by atoms with Crippen LogP contribution in [0.3, 0.4) is 0 Å². The lowest BCUT2D eigenvalue weighted by Gasteiger charge is -2.31. The minimum absolute atomic E-state index is 0.169. The van der Waals surface area contributed by atoms with Gasteiger partial charge in [-0.15, -0.1) is 0 Å². The second kappa shape index (κ2) is 7.45. The quantitative estimate of drug-likeness (QED) is 0.313. The number of fused-ring (bicyclic) bond motifs is 5. The summed E-state index contributed by atoms with van der Waals surface area (Å²) in [5.41, 5.74) is 3.96. The number of anilines is 1. The number of allylic oxidation sites excluding steroid dienone is 1. The second-order valence-electron chi connectivity index (χ2n) is 8.77. The summed E-state index contributed by atoms with van der Waals surface area (Å²) in [4.78, 5) is 13.0. The zero-order chi connectivity index (χ0) is 22.5. The topological polar surface area (TPSA) is 60.7 Å². The molecule has 1 aliphatic rings. The zero-order valence-corrected chi connectivity index (χ0v) is 18.6. The van der Waals surface area contributed by atoms with Crippen LogP contribution in [0.25, 0.3) is 27.3 Å². The van der Waals surface area contributed by atoms with Gasteiger partial charge in [-0.2, -0.15) is 0 Å². The van der Waals surface area contributed by atoms with E-state index in [9.17, 15) is 4.79 Å². The predicted molar refractivity (Wildman–Crippen MR) is 129 cm³/mol. The van der Waals surface area contributed by atoms with Gasteiger partial charge >= 0.3 is 5.63 Å². The van der Waals surface area contributed by atoms with Crippen molar-refractivity contribution in [3.63, 3.8) is 0 Å². The average molecular weight is 428 g/mol. The molecule has 3 aromatic carbocycles. The smallest absolute Gasteiger partial charge is 0.344 e. The summed E-state index contributed by atoms with van der Waals surface area (Å²) in [5, 5.41) is 5.87. The molecule has 0 radical (unpaired) electrons. The maximum Gasteiger partial charge on any atom is 0.344 e. The highest BCUT2D eigenvalue weighted by Crippen LogP contribution is 2.39. The van der Waals surface area contributed by atoms with E-state index in [1.54, 1.807) is 13.2 Å². The molecule has 0 saturated carbocycles. The SMILES string of the molecule is COc1ccc(COc2ccc3c(c2)oc(=O)c2c4c(ccc23)NC(C)(C)C=C4C)cc1. The Kier molecular flexibility index (Phi) is 4.70. The standard InChI is InChI=1S/C27H25NO4/c1-16-14-27(2,3)28-22-12-11-21-20-10-9-19(13-23(20)32-26(29)25(21)24(16)22)31-15-17-5-7-18(30-4)8-6-17/h5-14,28H,15H2,1-4H3. The average Bonchev–Trinajstić information content (AvgIpc) is 2.76. The van der Waals surface area contributed by atoms with Crippen molar-refractivity contribution in [1.29, 1.82) is 0 Å². The number of nitrogens with one attached hydrogen (secondary N) is 1. The molecule has 0 unspecified atom stereocenters. The van der Waals surface area contributed by atoms with Gasteiger partial charge in [0, 0.05) is 28.1 Å². The molecule has 0 amide bonds. The minimum Gasteiger partial charge on any atom is -0.497 e. The predicted octanol–water partition coefficient (Wildman–Crippen LogP) is 6.14. The van der Waals surface area contributed by atoms with Gasteiger partial charge in [0.15, 0.2) is 0 Å². The Morgan fingerprint density at radius 3 is 2.44 bits per heavy atom. The molecule has 2 heterocycles. The number of benzene rings is 3. The first-order valence-corrected chi connectivity index (χ1v) is 10.6. The van der Waals surface area contributed by atoms with Gasteiger partial charge in [-0.1, -0.05) is 24.3 Å². The summed E-state index contributed by atoms with van der Waals surface area (Å²) in [6, 6.07) is 17.4. The first-order chi connectivity index (χ1) is 15.3. The van der Waals surface area contributed by atoms with E-state index < -0.39 is 0 Å². The van der Waals surface area contributed by atoms with Crippen LogP contribution in [0, 0.1) is 0 Å². The third-order valence-electron chi connectivity index (χ3n) is 5.85. The van der Waals surface area contributed by atoms with Crippen molar-refractivity contribution in [3.8, 4) is 11.5 Å². The molecule has 1 N–H and O–H groups in total. The molecule has 1 aliphatic heterocycles. The van der Waals surface area contributed by atoms with Gasteiger partial charge in [-0.05, 0) is 62.2 Å². The van der Waals surface area contributed by atoms with E-state index in [2.05, 4.69) is 25.2 Å². The molecule has 0 fully saturated rings. The molecule has 0 spiro atoms. The van der Waals surface area contributed by atoms with Crippen molar-refractivity contribution in [2.75, 3.05) is 12.4 Å². The molecule has 5 rings (SSSR count). The Balaban J connectivity index is 1.54. The van der Waals surface area contributed by atoms with Crippen LogP contribution in [-0.2, 0) is 6.61 Å². The van der Waals surface area contributed by atoms with Crippen molar-refractivity contribution in [2.24, 2.45) is 0 Å². The zero-order valence-electron chi connectivity index (χ0n) is 18.6. The normalized spacial score (nSPS) is 14.6. The number of hydrogen-bond donors (Lipinski definition) is 1. The van der Waals surface area contributed by atoms with Crippen LogP contribution < -0.4 is 20.4 Å². The molecule has 4 aromatic rings. The Morgan fingerprint density at radius 2 is 1.69 bits per heavy atom. The summed E-state index contributed by atoms with van der Waals surface area (Å²) in [6.07, 6.45) is 2.15. The summed E-state index contributed by atoms with van der Waals surface area (Å²) >= 11 is 0. The van der Waals surface area contributed by atoms with E-state index in [-0.39, 0.29) is 11.2 Å². The summed E-state index contributed by atoms with van der Waals surface area (Å²) in [5.74, 6) is 1.45. The van der Waals surface area contributed by atoms with E-state index in [1.165, 1.54) is 0 Å². The second-order valence-corrected chi connectivity index (χ2v) is 8.77. The van der Waals surface area contributed by atoms with Crippen molar-refractivity contribution < 1.29 is 13.9 Å². The summed E-state index contributed by atoms with van der Waals surface area (Å²) in [7, 11) is 1.64. The highest BCUT2D eigenvalue weighted by atomic mass is 16.5. The van der Waals surface area contributed by atoms with Crippen molar-refractivity contribution in [3.05, 3.63) is 82.2 Å². The first kappa shape index (κ1) is 20.2. The van der Waals surface area contributed by atoms with Crippen molar-refractivity contribution >= 4 is 33.0 Å². The molecule has 0 atom stereocenters. The van der Waals surface area contributed by atoms with Gasteiger partial charge in [0.05, 0.1) is 18.0 Å². The lowest BCUT2D eigenvalue weighted by Crippen LogP contribution is -2.31. The highest BCUT2D eigenvalue weighted by Gasteiger charge is 2.25. The minimum atomic E-state index is -0.342. The van der Waals surface area contributed by atoms with E-state index >= 15 is 0 Å². The van der Waals surface area contributed by atoms with Crippen molar-refractivity contribution in [2.45, 2.75) is 32.9 Å². The van der Waals surface area contributed by atoms with Crippen LogP contribution >= 0.6 is 0 Å². The van der Waals surface area contributed by atoms with Gasteiger partial charge in [-0.3, -0.25) is 0 Å². The number of ether oxygens (including phenoxy) is 2. The van der Waals surface area contributed by atoms with Gasteiger partial charge in [0.1, 0.15) is 23.7 Å². The lowest BCUT2D eigenvalue weighted by molar-refractivity contribution is 0.306. The Hall–Kier alpha value is -3.73. The van der Waals surface area contributed by atoms with Gasteiger partial charge in [0.2, 0.25) is 0 Å². The highest BCUT2D eigenvalue weighted by molar-refractivity contribution is 6.10. The number of rotatable bonds is 4. The molecule has 162 valence electrons. The molecular formula is C27H25NO4. The molecule has 0 bridgehead atoms. The van der Waals surface area contributed by atoms with E-state index in [0.29, 0.717) is 23.3 Å². The third-order valence-corrected chi connectivity index (χ3v) is 5.85. The fraction of sp³-hybridized carbons (Fsp3) is 0.222. The summed E-state index contributed by atoms with van der Waals surface area (Å²) < 4.78 is 16.9. The van der Waals surface area contributed by atoms with Crippen LogP contribution in [0.1, 0.15) is 31.9 Å². The van der Waals surface area contributed by atoms with E-state index in [4.69, 9.17) is 13.9 Å². The Morgan fingerprint density at radius 1 is 0.969 bits per heavy atom. The molecule has 5 nitrogen and oxygen atoms in total. The maximum absolute atomic E-state index is 13.0. The maximum atomic E-state index is 13.0. The number of hydrogen-bond acceptors (Lipinski definition) is 5. The van der Waals surface area contributed by atoms with Gasteiger partial charge in [0.25, 0.3) is 0 Å². The molecule has 0 aliphatic carbocycles. The van der Waals surface area contributed by atoms with Crippen LogP contribution in [-0.4, -0.2) is 12.6 Å². The monoisotopic (exact) mass is 427 g/mol. The molecular weight excluding hydrogens is 402 g/mol. The van der Waals surface area contributed by atoms with Crippen molar-refractivity contribution in [1.82, 2.24) is 0 Å². The lowest BCUT2D eigenvalue weighted by atomic mass is 9.88. The summed E-state index contributed by atoms with van der Waals surface area (Å²) in [6.45, 7) is 6.67. The fourth-order valence-electron chi connectivity index (χ4n) is 4.49. The van der Waals surface area contributed by atoms with Crippen LogP contribution in [0.15, 0.2) is 69.9 Å². The van der Waals surface area contributed by atoms with E-state index in [0.717, 1.165) is 38.9 Å². The van der Waals surface area contributed by atoms with E-state index in [1.807, 2.05) is 55.5 Å². The number of methoxy groups -OCH3 is 1. The third kappa shape index (κ3) is 3.50. The Bertz CT molecular complexity index is 1430. The van der Waals surface area contributed by atoms with Crippen LogP contribution in [0.2, 0.25) is 0 Å². The van der Waals surface area contributed by atoms with Gasteiger partial charge < -0.3 is 19.2 Å². The largest absolute Gasteiger partial charge is 0.497 e. The van der Waals surface area contributed by atoms with Crippen LogP contribution in [0.4, 0.5) is 5.69 Å². The molecule has 32 heavy (non-hydrogen) atoms. The Labute approximate surface area is 186 Å². The molecule has 0 saturated heterocycles. The first-order valence-electron chi connectivity index (χ1n) is 10.6. The van der Waals surface area contributed by atoms with Crippen LogP contribution in [0.5, 0.6) is 11.5 Å². The van der Waals surface area contributed by atoms with Gasteiger partial charge in [-0.25, -0.2) is 4.79 Å². The molecule has 5 heteroatoms. The fourth-order valence-corrected chi connectivity index (χ4v) is 4.49.